The Morgan fingerprint density at radius 2 is 1.88 bits per heavy atom. The van der Waals surface area contributed by atoms with Crippen LogP contribution in [0.15, 0.2) is 46.8 Å². The van der Waals surface area contributed by atoms with E-state index in [2.05, 4.69) is 75.3 Å². The molecule has 0 unspecified atom stereocenters. The lowest BCUT2D eigenvalue weighted by atomic mass is 10.1. The number of hydrogen-bond donors (Lipinski definition) is 0. The zero-order valence-corrected chi connectivity index (χ0v) is 15.0. The Hall–Kier alpha value is -2.49. The van der Waals surface area contributed by atoms with E-state index in [1.165, 1.54) is 11.1 Å². The van der Waals surface area contributed by atoms with Crippen LogP contribution in [0.1, 0.15) is 49.1 Å². The van der Waals surface area contributed by atoms with Crippen molar-refractivity contribution in [2.75, 3.05) is 0 Å². The van der Waals surface area contributed by atoms with Gasteiger partial charge >= 0.3 is 0 Å². The van der Waals surface area contributed by atoms with Gasteiger partial charge < -0.3 is 0 Å². The summed E-state index contributed by atoms with van der Waals surface area (Å²) in [5, 5.41) is 9.23. The van der Waals surface area contributed by atoms with Crippen molar-refractivity contribution in [3.8, 4) is 0 Å². The van der Waals surface area contributed by atoms with Crippen molar-refractivity contribution < 1.29 is 0 Å². The molecular formula is C20H24N4. The second kappa shape index (κ2) is 6.56. The molecule has 0 saturated carbocycles. The van der Waals surface area contributed by atoms with E-state index in [1.54, 1.807) is 0 Å². The number of aryl methyl sites for hydroxylation is 3. The fourth-order valence-corrected chi connectivity index (χ4v) is 2.89. The summed E-state index contributed by atoms with van der Waals surface area (Å²) in [7, 11) is 0. The maximum absolute atomic E-state index is 4.74. The normalized spacial score (nSPS) is 11.9. The lowest BCUT2D eigenvalue weighted by Gasteiger charge is -2.06. The van der Waals surface area contributed by atoms with Crippen molar-refractivity contribution in [2.45, 2.75) is 47.0 Å². The molecule has 0 aliphatic rings. The minimum Gasteiger partial charge on any atom is -0.283 e. The molecule has 2 heterocycles. The van der Waals surface area contributed by atoms with Crippen LogP contribution in [0.4, 0.5) is 11.5 Å². The summed E-state index contributed by atoms with van der Waals surface area (Å²) < 4.78 is 2.04. The molecule has 0 aliphatic heterocycles. The molecule has 0 fully saturated rings. The Labute approximate surface area is 143 Å². The minimum absolute atomic E-state index is 0.293. The summed E-state index contributed by atoms with van der Waals surface area (Å²) in [6.45, 7) is 10.6. The molecule has 0 atom stereocenters. The van der Waals surface area contributed by atoms with E-state index in [4.69, 9.17) is 4.98 Å². The molecule has 0 radical (unpaired) electrons. The molecule has 2 aromatic heterocycles. The van der Waals surface area contributed by atoms with Gasteiger partial charge in [0.2, 0.25) is 0 Å². The number of pyridine rings is 1. The highest BCUT2D eigenvalue weighted by atomic mass is 15.2. The number of benzene rings is 1. The van der Waals surface area contributed by atoms with Gasteiger partial charge in [-0.3, -0.25) is 4.40 Å². The van der Waals surface area contributed by atoms with Crippen LogP contribution in [0, 0.1) is 13.8 Å². The first-order valence-corrected chi connectivity index (χ1v) is 8.50. The van der Waals surface area contributed by atoms with Crippen LogP contribution < -0.4 is 0 Å². The van der Waals surface area contributed by atoms with Crippen molar-refractivity contribution in [3.63, 3.8) is 0 Å². The van der Waals surface area contributed by atoms with E-state index in [1.807, 2.05) is 10.5 Å². The summed E-state index contributed by atoms with van der Waals surface area (Å²) in [5.74, 6) is 1.12. The fraction of sp³-hybridized carbons (Fsp3) is 0.350. The SMILES string of the molecule is CCc1cccc(C)c1N=Nc1c(C(C)C)nc2ccc(C)cn12. The molecule has 124 valence electrons. The van der Waals surface area contributed by atoms with Gasteiger partial charge in [0.25, 0.3) is 0 Å². The van der Waals surface area contributed by atoms with E-state index in [0.29, 0.717) is 5.92 Å². The molecule has 0 aliphatic carbocycles. The van der Waals surface area contributed by atoms with Gasteiger partial charge in [0, 0.05) is 6.20 Å². The smallest absolute Gasteiger partial charge is 0.183 e. The van der Waals surface area contributed by atoms with Crippen molar-refractivity contribution in [3.05, 3.63) is 58.9 Å². The van der Waals surface area contributed by atoms with Gasteiger partial charge in [0.05, 0.1) is 11.4 Å². The van der Waals surface area contributed by atoms with E-state index >= 15 is 0 Å². The van der Waals surface area contributed by atoms with Gasteiger partial charge in [-0.25, -0.2) is 4.98 Å². The van der Waals surface area contributed by atoms with Gasteiger partial charge in [0.15, 0.2) is 5.82 Å². The third kappa shape index (κ3) is 2.96. The summed E-state index contributed by atoms with van der Waals surface area (Å²) in [4.78, 5) is 4.74. The number of azo groups is 1. The Morgan fingerprint density at radius 1 is 1.08 bits per heavy atom. The number of aromatic nitrogens is 2. The third-order valence-electron chi connectivity index (χ3n) is 4.26. The monoisotopic (exact) mass is 320 g/mol. The zero-order chi connectivity index (χ0) is 17.3. The summed E-state index contributed by atoms with van der Waals surface area (Å²) in [6, 6.07) is 10.4. The van der Waals surface area contributed by atoms with Crippen LogP contribution in [-0.4, -0.2) is 9.38 Å². The largest absolute Gasteiger partial charge is 0.283 e. The summed E-state index contributed by atoms with van der Waals surface area (Å²) in [5.41, 5.74) is 6.41. The zero-order valence-electron chi connectivity index (χ0n) is 15.0. The third-order valence-corrected chi connectivity index (χ3v) is 4.26. The van der Waals surface area contributed by atoms with Gasteiger partial charge in [-0.1, -0.05) is 45.0 Å². The van der Waals surface area contributed by atoms with Crippen molar-refractivity contribution in [1.82, 2.24) is 9.38 Å². The number of fused-ring (bicyclic) bond motifs is 1. The predicted molar refractivity (Wildman–Crippen MR) is 98.8 cm³/mol. The number of hydrogen-bond acceptors (Lipinski definition) is 3. The van der Waals surface area contributed by atoms with Gasteiger partial charge in [-0.2, -0.15) is 0 Å². The topological polar surface area (TPSA) is 42.0 Å². The number of imidazole rings is 1. The number of nitrogens with zero attached hydrogens (tertiary/aromatic N) is 4. The lowest BCUT2D eigenvalue weighted by molar-refractivity contribution is 0.831. The molecule has 4 nitrogen and oxygen atoms in total. The Balaban J connectivity index is 2.16. The molecule has 24 heavy (non-hydrogen) atoms. The van der Waals surface area contributed by atoms with Crippen LogP contribution in [0.25, 0.3) is 5.65 Å². The highest BCUT2D eigenvalue weighted by molar-refractivity contribution is 5.55. The van der Waals surface area contributed by atoms with Crippen molar-refractivity contribution in [1.29, 1.82) is 0 Å². The summed E-state index contributed by atoms with van der Waals surface area (Å²) >= 11 is 0. The van der Waals surface area contributed by atoms with Gasteiger partial charge in [-0.15, -0.1) is 10.2 Å². The first-order chi connectivity index (χ1) is 11.5. The van der Waals surface area contributed by atoms with Crippen LogP contribution in [0.3, 0.4) is 0 Å². The Kier molecular flexibility index (Phi) is 4.47. The van der Waals surface area contributed by atoms with Crippen LogP contribution >= 0.6 is 0 Å². The number of rotatable bonds is 4. The van der Waals surface area contributed by atoms with Crippen molar-refractivity contribution >= 4 is 17.2 Å². The highest BCUT2D eigenvalue weighted by Gasteiger charge is 2.15. The predicted octanol–water partition coefficient (Wildman–Crippen LogP) is 6.05. The quantitative estimate of drug-likeness (QED) is 0.539. The van der Waals surface area contributed by atoms with E-state index in [9.17, 15) is 0 Å². The Morgan fingerprint density at radius 3 is 2.58 bits per heavy atom. The second-order valence-electron chi connectivity index (χ2n) is 6.55. The fourth-order valence-electron chi connectivity index (χ4n) is 2.89. The van der Waals surface area contributed by atoms with E-state index in [0.717, 1.165) is 34.8 Å². The van der Waals surface area contributed by atoms with Crippen molar-refractivity contribution in [2.24, 2.45) is 10.2 Å². The van der Waals surface area contributed by atoms with Crippen LogP contribution in [0.2, 0.25) is 0 Å². The standard InChI is InChI=1S/C20H24N4/c1-6-16-9-7-8-15(5)19(16)22-23-20-18(13(2)3)21-17-11-10-14(4)12-24(17)20/h7-13H,6H2,1-5H3. The summed E-state index contributed by atoms with van der Waals surface area (Å²) in [6.07, 6.45) is 3.01. The first kappa shape index (κ1) is 16.4. The molecule has 0 N–H and O–H groups in total. The molecule has 3 aromatic rings. The molecule has 0 spiro atoms. The van der Waals surface area contributed by atoms with Crippen LogP contribution in [-0.2, 0) is 6.42 Å². The second-order valence-corrected chi connectivity index (χ2v) is 6.55. The average Bonchev–Trinajstić information content (AvgIpc) is 2.91. The minimum atomic E-state index is 0.293. The molecule has 4 heteroatoms. The molecular weight excluding hydrogens is 296 g/mol. The maximum atomic E-state index is 4.74. The molecule has 0 saturated heterocycles. The highest BCUT2D eigenvalue weighted by Crippen LogP contribution is 2.31. The van der Waals surface area contributed by atoms with E-state index < -0.39 is 0 Å². The van der Waals surface area contributed by atoms with Gasteiger partial charge in [0.1, 0.15) is 5.65 Å². The molecule has 1 aromatic carbocycles. The molecule has 0 bridgehead atoms. The molecule has 3 rings (SSSR count). The first-order valence-electron chi connectivity index (χ1n) is 8.50. The lowest BCUT2D eigenvalue weighted by Crippen LogP contribution is -1.89. The maximum Gasteiger partial charge on any atom is 0.183 e. The van der Waals surface area contributed by atoms with Crippen LogP contribution in [0.5, 0.6) is 0 Å². The van der Waals surface area contributed by atoms with Gasteiger partial charge in [-0.05, 0) is 48.9 Å². The average molecular weight is 320 g/mol. The Bertz CT molecular complexity index is 903. The van der Waals surface area contributed by atoms with E-state index in [-0.39, 0.29) is 0 Å². The molecule has 0 amide bonds.